The van der Waals surface area contributed by atoms with Crippen LogP contribution in [0.15, 0.2) is 0 Å². The Bertz CT molecular complexity index is 279. The minimum atomic E-state index is 0.284. The fourth-order valence-electron chi connectivity index (χ4n) is 2.98. The lowest BCUT2D eigenvalue weighted by Crippen LogP contribution is -2.52. The first kappa shape index (κ1) is 11.4. The largest absolute Gasteiger partial charge is 0.371 e. The molecule has 2 unspecified atom stereocenters. The Hall–Kier alpha value is -0.650. The number of nitrogens with zero attached hydrogens (tertiary/aromatic N) is 2. The topological polar surface area (TPSA) is 44.8 Å². The van der Waals surface area contributed by atoms with E-state index in [1.54, 1.807) is 0 Å². The second-order valence-corrected chi connectivity index (χ2v) is 5.28. The van der Waals surface area contributed by atoms with Crippen molar-refractivity contribution in [3.05, 3.63) is 0 Å². The first-order chi connectivity index (χ1) is 8.31. The minimum Gasteiger partial charge on any atom is -0.371 e. The van der Waals surface area contributed by atoms with Crippen molar-refractivity contribution in [2.45, 2.75) is 25.0 Å². The van der Waals surface area contributed by atoms with Crippen LogP contribution >= 0.6 is 0 Å². The minimum absolute atomic E-state index is 0.284. The first-order valence-electron chi connectivity index (χ1n) is 6.67. The van der Waals surface area contributed by atoms with E-state index < -0.39 is 0 Å². The Morgan fingerprint density at radius 2 is 1.82 bits per heavy atom. The van der Waals surface area contributed by atoms with Gasteiger partial charge in [0.05, 0.1) is 18.8 Å². The molecule has 3 aliphatic rings. The number of carbonyl (C=O) groups is 1. The highest BCUT2D eigenvalue weighted by Gasteiger charge is 2.35. The van der Waals surface area contributed by atoms with Gasteiger partial charge in [-0.05, 0) is 12.8 Å². The van der Waals surface area contributed by atoms with Crippen molar-refractivity contribution in [2.24, 2.45) is 0 Å². The third-order valence-corrected chi connectivity index (χ3v) is 3.96. The van der Waals surface area contributed by atoms with Crippen molar-refractivity contribution in [1.29, 1.82) is 0 Å². The molecular weight excluding hydrogens is 218 g/mol. The molecule has 1 N–H and O–H groups in total. The lowest BCUT2D eigenvalue weighted by Gasteiger charge is -2.34. The van der Waals surface area contributed by atoms with Gasteiger partial charge < -0.3 is 15.0 Å². The van der Waals surface area contributed by atoms with E-state index in [1.807, 2.05) is 4.90 Å². The number of carbonyl (C=O) groups excluding carboxylic acids is 1. The molecule has 0 aromatic carbocycles. The highest BCUT2D eigenvalue weighted by atomic mass is 16.5. The van der Waals surface area contributed by atoms with Gasteiger partial charge in [0.15, 0.2) is 0 Å². The summed E-state index contributed by atoms with van der Waals surface area (Å²) in [5.74, 6) is 0.284. The molecule has 0 spiro atoms. The van der Waals surface area contributed by atoms with Crippen LogP contribution in [0, 0.1) is 0 Å². The van der Waals surface area contributed by atoms with Gasteiger partial charge in [0.1, 0.15) is 0 Å². The Kier molecular flexibility index (Phi) is 3.31. The van der Waals surface area contributed by atoms with Crippen LogP contribution in [0.1, 0.15) is 12.8 Å². The number of morpholine rings is 1. The fourth-order valence-corrected chi connectivity index (χ4v) is 2.98. The van der Waals surface area contributed by atoms with Gasteiger partial charge in [-0.3, -0.25) is 9.69 Å². The van der Waals surface area contributed by atoms with Crippen molar-refractivity contribution >= 4 is 5.91 Å². The van der Waals surface area contributed by atoms with Crippen LogP contribution in [0.3, 0.4) is 0 Å². The van der Waals surface area contributed by atoms with E-state index in [4.69, 9.17) is 4.74 Å². The van der Waals surface area contributed by atoms with Crippen molar-refractivity contribution in [3.8, 4) is 0 Å². The summed E-state index contributed by atoms with van der Waals surface area (Å²) in [6, 6.07) is 0. The van der Waals surface area contributed by atoms with E-state index in [-0.39, 0.29) is 5.91 Å². The van der Waals surface area contributed by atoms with Crippen molar-refractivity contribution < 1.29 is 9.53 Å². The predicted octanol–water partition coefficient (Wildman–Crippen LogP) is -0.719. The summed E-state index contributed by atoms with van der Waals surface area (Å²) in [6.45, 7) is 6.18. The van der Waals surface area contributed by atoms with Crippen molar-refractivity contribution in [2.75, 3.05) is 45.8 Å². The molecule has 5 nitrogen and oxygen atoms in total. The summed E-state index contributed by atoms with van der Waals surface area (Å²) in [7, 11) is 0. The second-order valence-electron chi connectivity index (χ2n) is 5.28. The predicted molar refractivity (Wildman–Crippen MR) is 63.8 cm³/mol. The van der Waals surface area contributed by atoms with E-state index in [1.165, 1.54) is 0 Å². The Morgan fingerprint density at radius 1 is 1.18 bits per heavy atom. The molecule has 0 aliphatic carbocycles. The van der Waals surface area contributed by atoms with Gasteiger partial charge in [-0.25, -0.2) is 0 Å². The highest BCUT2D eigenvalue weighted by Crippen LogP contribution is 2.26. The van der Waals surface area contributed by atoms with Gasteiger partial charge in [0.2, 0.25) is 5.91 Å². The number of rotatable bonds is 2. The first-order valence-corrected chi connectivity index (χ1v) is 6.67. The van der Waals surface area contributed by atoms with Gasteiger partial charge in [-0.2, -0.15) is 0 Å². The number of piperazine rings is 1. The summed E-state index contributed by atoms with van der Waals surface area (Å²) in [5.41, 5.74) is 0. The molecule has 17 heavy (non-hydrogen) atoms. The monoisotopic (exact) mass is 239 g/mol. The van der Waals surface area contributed by atoms with E-state index in [2.05, 4.69) is 10.2 Å². The number of amides is 1. The summed E-state index contributed by atoms with van der Waals surface area (Å²) in [4.78, 5) is 16.4. The van der Waals surface area contributed by atoms with Gasteiger partial charge in [0, 0.05) is 39.3 Å². The molecule has 5 heteroatoms. The van der Waals surface area contributed by atoms with Crippen LogP contribution < -0.4 is 5.32 Å². The van der Waals surface area contributed by atoms with Crippen LogP contribution in [0.5, 0.6) is 0 Å². The van der Waals surface area contributed by atoms with Gasteiger partial charge in [-0.15, -0.1) is 0 Å². The zero-order chi connectivity index (χ0) is 11.7. The lowest BCUT2D eigenvalue weighted by atomic mass is 10.2. The smallest absolute Gasteiger partial charge is 0.236 e. The fraction of sp³-hybridized carbons (Fsp3) is 0.917. The van der Waals surface area contributed by atoms with E-state index >= 15 is 0 Å². The van der Waals surface area contributed by atoms with Crippen LogP contribution in [0.2, 0.25) is 0 Å². The average Bonchev–Trinajstić information content (AvgIpc) is 2.69. The molecule has 0 radical (unpaired) electrons. The molecular formula is C12H21N3O2. The zero-order valence-corrected chi connectivity index (χ0v) is 10.2. The number of ether oxygens (including phenoxy) is 1. The molecule has 3 heterocycles. The summed E-state index contributed by atoms with van der Waals surface area (Å²) in [5, 5.41) is 3.31. The van der Waals surface area contributed by atoms with E-state index in [9.17, 15) is 4.79 Å². The molecule has 2 atom stereocenters. The Morgan fingerprint density at radius 3 is 2.47 bits per heavy atom. The van der Waals surface area contributed by atoms with Gasteiger partial charge >= 0.3 is 0 Å². The molecule has 3 fully saturated rings. The van der Waals surface area contributed by atoms with Crippen LogP contribution in [0.25, 0.3) is 0 Å². The number of nitrogens with one attached hydrogen (secondary N) is 1. The summed E-state index contributed by atoms with van der Waals surface area (Å²) in [6.07, 6.45) is 2.87. The summed E-state index contributed by atoms with van der Waals surface area (Å²) >= 11 is 0. The van der Waals surface area contributed by atoms with Gasteiger partial charge in [-0.1, -0.05) is 0 Å². The number of fused-ring (bicyclic) bond motifs is 2. The molecule has 0 aromatic rings. The molecule has 3 saturated heterocycles. The molecule has 96 valence electrons. The molecule has 2 bridgehead atoms. The van der Waals surface area contributed by atoms with Crippen molar-refractivity contribution in [1.82, 2.24) is 15.1 Å². The normalized spacial score (nSPS) is 34.0. The SMILES string of the molecule is O=C(CN1CCNCC1)N1CC2CCC(C1)O2. The maximum absolute atomic E-state index is 12.2. The highest BCUT2D eigenvalue weighted by molar-refractivity contribution is 5.78. The molecule has 0 aromatic heterocycles. The van der Waals surface area contributed by atoms with Gasteiger partial charge in [0.25, 0.3) is 0 Å². The third-order valence-electron chi connectivity index (χ3n) is 3.96. The number of hydrogen-bond donors (Lipinski definition) is 1. The van der Waals surface area contributed by atoms with Crippen LogP contribution in [0.4, 0.5) is 0 Å². The number of hydrogen-bond acceptors (Lipinski definition) is 4. The molecule has 3 rings (SSSR count). The Labute approximate surface area is 102 Å². The Balaban J connectivity index is 1.51. The average molecular weight is 239 g/mol. The lowest BCUT2D eigenvalue weighted by molar-refractivity contribution is -0.141. The van der Waals surface area contributed by atoms with E-state index in [0.29, 0.717) is 18.8 Å². The maximum atomic E-state index is 12.2. The molecule has 1 amide bonds. The summed E-state index contributed by atoms with van der Waals surface area (Å²) < 4.78 is 5.75. The second kappa shape index (κ2) is 4.92. The number of likely N-dealkylation sites (tertiary alicyclic amines) is 1. The van der Waals surface area contributed by atoms with Crippen LogP contribution in [-0.4, -0.2) is 73.7 Å². The van der Waals surface area contributed by atoms with Crippen LogP contribution in [-0.2, 0) is 9.53 Å². The third kappa shape index (κ3) is 2.61. The molecule has 3 aliphatic heterocycles. The maximum Gasteiger partial charge on any atom is 0.236 e. The zero-order valence-electron chi connectivity index (χ0n) is 10.2. The molecule has 0 saturated carbocycles. The quantitative estimate of drug-likeness (QED) is 0.691. The standard InChI is InChI=1S/C12H21N3O2/c16-12(9-14-5-3-13-4-6-14)15-7-10-1-2-11(8-15)17-10/h10-11,13H,1-9H2. The van der Waals surface area contributed by atoms with Crippen molar-refractivity contribution in [3.63, 3.8) is 0 Å². The van der Waals surface area contributed by atoms with E-state index in [0.717, 1.165) is 52.1 Å².